The summed E-state index contributed by atoms with van der Waals surface area (Å²) in [6.07, 6.45) is 1.69. The molecule has 0 amide bonds. The maximum Gasteiger partial charge on any atom is 0.350 e. The van der Waals surface area contributed by atoms with Crippen molar-refractivity contribution in [3.8, 4) is 11.1 Å². The van der Waals surface area contributed by atoms with Gasteiger partial charge in [-0.05, 0) is 30.2 Å². The molecule has 130 valence electrons. The lowest BCUT2D eigenvalue weighted by Gasteiger charge is -2.04. The Morgan fingerprint density at radius 2 is 1.85 bits per heavy atom. The van der Waals surface area contributed by atoms with E-state index in [0.29, 0.717) is 10.8 Å². The highest BCUT2D eigenvalue weighted by Crippen LogP contribution is 2.25. The zero-order chi connectivity index (χ0) is 18.1. The maximum atomic E-state index is 12.3. The SMILES string of the molecule is Cc1ccc(-c2cnn3c(=O)[nH]c(SCc4ccc(Br)cc4)nc23)cc1. The summed E-state index contributed by atoms with van der Waals surface area (Å²) in [7, 11) is 0. The summed E-state index contributed by atoms with van der Waals surface area (Å²) in [4.78, 5) is 19.8. The van der Waals surface area contributed by atoms with Crippen LogP contribution in [0.2, 0.25) is 0 Å². The zero-order valence-corrected chi connectivity index (χ0v) is 16.3. The van der Waals surface area contributed by atoms with Crippen LogP contribution in [0.3, 0.4) is 0 Å². The van der Waals surface area contributed by atoms with E-state index in [9.17, 15) is 4.79 Å². The van der Waals surface area contributed by atoms with Gasteiger partial charge in [-0.25, -0.2) is 9.78 Å². The standard InChI is InChI=1S/C19H15BrN4OS/c1-12-2-6-14(7-3-12)16-10-21-24-17(16)22-18(23-19(24)25)26-11-13-4-8-15(20)9-5-13/h2-10H,11H2,1H3,(H,22,23,25). The monoisotopic (exact) mass is 426 g/mol. The summed E-state index contributed by atoms with van der Waals surface area (Å²) in [6.45, 7) is 2.04. The van der Waals surface area contributed by atoms with Crippen LogP contribution in [0.25, 0.3) is 16.8 Å². The van der Waals surface area contributed by atoms with Gasteiger partial charge >= 0.3 is 5.69 Å². The van der Waals surface area contributed by atoms with E-state index < -0.39 is 0 Å². The molecule has 7 heteroatoms. The van der Waals surface area contributed by atoms with Crippen LogP contribution in [-0.2, 0) is 5.75 Å². The molecule has 0 aliphatic carbocycles. The van der Waals surface area contributed by atoms with Crippen molar-refractivity contribution < 1.29 is 0 Å². The highest BCUT2D eigenvalue weighted by Gasteiger charge is 2.12. The van der Waals surface area contributed by atoms with Gasteiger partial charge in [0.25, 0.3) is 0 Å². The van der Waals surface area contributed by atoms with E-state index in [-0.39, 0.29) is 5.69 Å². The predicted octanol–water partition coefficient (Wildman–Crippen LogP) is 4.45. The topological polar surface area (TPSA) is 63.1 Å². The Hall–Kier alpha value is -2.38. The van der Waals surface area contributed by atoms with Crippen molar-refractivity contribution in [3.63, 3.8) is 0 Å². The Morgan fingerprint density at radius 3 is 2.58 bits per heavy atom. The molecule has 2 aromatic carbocycles. The van der Waals surface area contributed by atoms with E-state index >= 15 is 0 Å². The van der Waals surface area contributed by atoms with Crippen molar-refractivity contribution in [2.45, 2.75) is 17.8 Å². The molecule has 5 nitrogen and oxygen atoms in total. The molecule has 0 saturated carbocycles. The predicted molar refractivity (Wildman–Crippen MR) is 107 cm³/mol. The fourth-order valence-electron chi connectivity index (χ4n) is 2.60. The van der Waals surface area contributed by atoms with Crippen LogP contribution in [0.15, 0.2) is 69.2 Å². The van der Waals surface area contributed by atoms with Gasteiger partial charge in [0.05, 0.1) is 6.20 Å². The number of aryl methyl sites for hydroxylation is 1. The van der Waals surface area contributed by atoms with Crippen molar-refractivity contribution in [2.75, 3.05) is 0 Å². The van der Waals surface area contributed by atoms with Crippen LogP contribution < -0.4 is 5.69 Å². The summed E-state index contributed by atoms with van der Waals surface area (Å²) >= 11 is 4.93. The fraction of sp³-hybridized carbons (Fsp3) is 0.105. The molecule has 4 aromatic rings. The fourth-order valence-corrected chi connectivity index (χ4v) is 3.67. The smallest absolute Gasteiger partial charge is 0.285 e. The molecule has 2 aromatic heterocycles. The first-order valence-electron chi connectivity index (χ1n) is 8.02. The number of rotatable bonds is 4. The van der Waals surface area contributed by atoms with E-state index in [1.165, 1.54) is 21.8 Å². The summed E-state index contributed by atoms with van der Waals surface area (Å²) < 4.78 is 2.35. The van der Waals surface area contributed by atoms with Gasteiger partial charge in [-0.3, -0.25) is 4.98 Å². The molecule has 0 aliphatic heterocycles. The van der Waals surface area contributed by atoms with Gasteiger partial charge < -0.3 is 0 Å². The second-order valence-corrected chi connectivity index (χ2v) is 7.80. The van der Waals surface area contributed by atoms with E-state index in [4.69, 9.17) is 0 Å². The number of nitrogens with zero attached hydrogens (tertiary/aromatic N) is 3. The summed E-state index contributed by atoms with van der Waals surface area (Å²) in [5.74, 6) is 0.723. The molecular weight excluding hydrogens is 412 g/mol. The Bertz CT molecular complexity index is 1120. The second-order valence-electron chi connectivity index (χ2n) is 5.92. The van der Waals surface area contributed by atoms with Crippen LogP contribution in [0.5, 0.6) is 0 Å². The molecule has 0 bridgehead atoms. The number of halogens is 1. The van der Waals surface area contributed by atoms with Crippen molar-refractivity contribution in [2.24, 2.45) is 0 Å². The van der Waals surface area contributed by atoms with Crippen molar-refractivity contribution >= 4 is 33.3 Å². The van der Waals surface area contributed by atoms with Crippen molar-refractivity contribution in [1.29, 1.82) is 0 Å². The third-order valence-corrected chi connectivity index (χ3v) is 5.48. The summed E-state index contributed by atoms with van der Waals surface area (Å²) in [5, 5.41) is 4.76. The quantitative estimate of drug-likeness (QED) is 0.489. The Labute approximate surface area is 162 Å². The molecule has 0 radical (unpaired) electrons. The number of aromatic nitrogens is 4. The van der Waals surface area contributed by atoms with Crippen LogP contribution in [-0.4, -0.2) is 19.6 Å². The molecule has 0 spiro atoms. The number of nitrogens with one attached hydrogen (secondary N) is 1. The first-order valence-corrected chi connectivity index (χ1v) is 9.80. The second kappa shape index (κ2) is 7.09. The van der Waals surface area contributed by atoms with Gasteiger partial charge in [0.15, 0.2) is 10.8 Å². The minimum Gasteiger partial charge on any atom is -0.285 e. The van der Waals surface area contributed by atoms with Gasteiger partial charge in [0.2, 0.25) is 0 Å². The number of fused-ring (bicyclic) bond motifs is 1. The lowest BCUT2D eigenvalue weighted by atomic mass is 10.1. The number of hydrogen-bond acceptors (Lipinski definition) is 4. The first kappa shape index (κ1) is 17.1. The molecule has 0 unspecified atom stereocenters. The Balaban J connectivity index is 1.68. The van der Waals surface area contributed by atoms with Crippen LogP contribution in [0.4, 0.5) is 0 Å². The normalized spacial score (nSPS) is 11.2. The van der Waals surface area contributed by atoms with Gasteiger partial charge in [-0.15, -0.1) is 0 Å². The number of benzene rings is 2. The lowest BCUT2D eigenvalue weighted by Crippen LogP contribution is -2.19. The van der Waals surface area contributed by atoms with Crippen LogP contribution in [0.1, 0.15) is 11.1 Å². The van der Waals surface area contributed by atoms with Crippen molar-refractivity contribution in [3.05, 3.63) is 80.8 Å². The molecule has 0 aliphatic rings. The molecule has 26 heavy (non-hydrogen) atoms. The van der Waals surface area contributed by atoms with Crippen LogP contribution in [0, 0.1) is 6.92 Å². The zero-order valence-electron chi connectivity index (χ0n) is 13.9. The number of H-pyrrole nitrogens is 1. The first-order chi connectivity index (χ1) is 12.6. The Morgan fingerprint density at radius 1 is 1.12 bits per heavy atom. The van der Waals surface area contributed by atoms with Gasteiger partial charge in [-0.1, -0.05) is 69.7 Å². The lowest BCUT2D eigenvalue weighted by molar-refractivity contribution is 0.786. The Kier molecular flexibility index (Phi) is 4.65. The minimum atomic E-state index is -0.285. The molecule has 0 fully saturated rings. The average molecular weight is 427 g/mol. The molecular formula is C19H15BrN4OS. The summed E-state index contributed by atoms with van der Waals surface area (Å²) in [5.41, 5.74) is 4.46. The molecule has 0 saturated heterocycles. The third-order valence-electron chi connectivity index (χ3n) is 4.01. The number of hydrogen-bond donors (Lipinski definition) is 1. The van der Waals surface area contributed by atoms with E-state index in [0.717, 1.165) is 26.9 Å². The van der Waals surface area contributed by atoms with E-state index in [1.807, 2.05) is 55.5 Å². The number of thioether (sulfide) groups is 1. The van der Waals surface area contributed by atoms with Gasteiger partial charge in [0, 0.05) is 15.8 Å². The van der Waals surface area contributed by atoms with Gasteiger partial charge in [-0.2, -0.15) is 9.61 Å². The minimum absolute atomic E-state index is 0.285. The van der Waals surface area contributed by atoms with Crippen molar-refractivity contribution in [1.82, 2.24) is 19.6 Å². The highest BCUT2D eigenvalue weighted by molar-refractivity contribution is 9.10. The highest BCUT2D eigenvalue weighted by atomic mass is 79.9. The maximum absolute atomic E-state index is 12.3. The van der Waals surface area contributed by atoms with E-state index in [1.54, 1.807) is 6.20 Å². The molecule has 2 heterocycles. The average Bonchev–Trinajstić information content (AvgIpc) is 3.06. The molecule has 1 N–H and O–H groups in total. The molecule has 4 rings (SSSR count). The van der Waals surface area contributed by atoms with E-state index in [2.05, 4.69) is 31.0 Å². The third kappa shape index (κ3) is 3.45. The largest absolute Gasteiger partial charge is 0.350 e. The van der Waals surface area contributed by atoms with Gasteiger partial charge in [0.1, 0.15) is 0 Å². The summed E-state index contributed by atoms with van der Waals surface area (Å²) in [6, 6.07) is 16.2. The number of aromatic amines is 1. The molecule has 0 atom stereocenters. The van der Waals surface area contributed by atoms with Crippen LogP contribution >= 0.6 is 27.7 Å².